The summed E-state index contributed by atoms with van der Waals surface area (Å²) in [5.41, 5.74) is 20.7. The van der Waals surface area contributed by atoms with Gasteiger partial charge >= 0.3 is 0 Å². The number of allylic oxidation sites excluding steroid dienone is 3. The predicted octanol–water partition coefficient (Wildman–Crippen LogP) is 13.7. The fourth-order valence-electron chi connectivity index (χ4n) is 10.3. The molecule has 0 amide bonds. The van der Waals surface area contributed by atoms with Crippen LogP contribution in [0.2, 0.25) is 0 Å². The molecule has 7 aromatic rings. The molecule has 1 saturated carbocycles. The number of nitrogens with zero attached hydrogens (tertiary/aromatic N) is 1. The number of fused-ring (bicyclic) bond motifs is 9. The van der Waals surface area contributed by atoms with Crippen molar-refractivity contribution in [3.63, 3.8) is 0 Å². The van der Waals surface area contributed by atoms with Crippen LogP contribution in [0.4, 0.5) is 0 Å². The average molecular weight is 718 g/mol. The highest BCUT2D eigenvalue weighted by Gasteiger charge is 2.61. The van der Waals surface area contributed by atoms with Crippen LogP contribution in [-0.4, -0.2) is 5.71 Å². The minimum atomic E-state index is -0.133. The van der Waals surface area contributed by atoms with Gasteiger partial charge in [-0.25, -0.2) is 0 Å². The van der Waals surface area contributed by atoms with Crippen LogP contribution in [0.15, 0.2) is 193 Å². The van der Waals surface area contributed by atoms with Gasteiger partial charge in [0.25, 0.3) is 0 Å². The van der Waals surface area contributed by atoms with Crippen molar-refractivity contribution in [3.8, 4) is 33.4 Å². The fourth-order valence-corrected chi connectivity index (χ4v) is 10.3. The molecule has 1 heteroatoms. The number of hydrogen-bond acceptors (Lipinski definition) is 1. The zero-order chi connectivity index (χ0) is 37.4. The Kier molecular flexibility index (Phi) is 7.45. The van der Waals surface area contributed by atoms with Crippen LogP contribution >= 0.6 is 0 Å². The summed E-state index contributed by atoms with van der Waals surface area (Å²) in [6.45, 7) is 4.82. The second-order valence-corrected chi connectivity index (χ2v) is 16.7. The van der Waals surface area contributed by atoms with Crippen LogP contribution in [0.1, 0.15) is 83.0 Å². The van der Waals surface area contributed by atoms with Gasteiger partial charge in [0.2, 0.25) is 0 Å². The van der Waals surface area contributed by atoms with Gasteiger partial charge in [0, 0.05) is 34.4 Å². The van der Waals surface area contributed by atoms with Gasteiger partial charge in [-0.05, 0) is 109 Å². The molecule has 56 heavy (non-hydrogen) atoms. The molecule has 1 heterocycles. The lowest BCUT2D eigenvalue weighted by molar-refractivity contribution is 0.656. The first-order valence-corrected chi connectivity index (χ1v) is 20.1. The van der Waals surface area contributed by atoms with Gasteiger partial charge in [-0.1, -0.05) is 178 Å². The number of rotatable bonds is 5. The molecule has 0 aromatic heterocycles. The Bertz CT molecular complexity index is 2770. The quantitative estimate of drug-likeness (QED) is 0.168. The van der Waals surface area contributed by atoms with Crippen molar-refractivity contribution in [2.75, 3.05) is 0 Å². The van der Waals surface area contributed by atoms with Gasteiger partial charge < -0.3 is 0 Å². The second kappa shape index (κ2) is 12.6. The Morgan fingerprint density at radius 1 is 0.518 bits per heavy atom. The van der Waals surface area contributed by atoms with Gasteiger partial charge in [0.15, 0.2) is 0 Å². The summed E-state index contributed by atoms with van der Waals surface area (Å²) in [4.78, 5) is 5.61. The highest BCUT2D eigenvalue weighted by atomic mass is 14.8. The molecular weight excluding hydrogens is 675 g/mol. The van der Waals surface area contributed by atoms with Crippen molar-refractivity contribution in [1.82, 2.24) is 0 Å². The Morgan fingerprint density at radius 3 is 1.95 bits per heavy atom. The van der Waals surface area contributed by atoms with Gasteiger partial charge in [-0.15, -0.1) is 0 Å². The molecule has 3 atom stereocenters. The lowest BCUT2D eigenvalue weighted by Gasteiger charge is -2.32. The highest BCUT2D eigenvalue weighted by molar-refractivity contribution is 6.04. The fraction of sp³-hybridized carbons (Fsp3) is 0.145. The molecule has 268 valence electrons. The van der Waals surface area contributed by atoms with Crippen LogP contribution in [0, 0.1) is 0 Å². The Balaban J connectivity index is 1.13. The van der Waals surface area contributed by atoms with E-state index in [2.05, 4.69) is 202 Å². The Morgan fingerprint density at radius 2 is 1.16 bits per heavy atom. The molecule has 0 spiro atoms. The van der Waals surface area contributed by atoms with Crippen LogP contribution in [0.25, 0.3) is 39.1 Å². The summed E-state index contributed by atoms with van der Waals surface area (Å²) in [5, 5.41) is 0. The summed E-state index contributed by atoms with van der Waals surface area (Å²) in [7, 11) is 0. The van der Waals surface area contributed by atoms with Crippen LogP contribution in [-0.2, 0) is 10.8 Å². The maximum Gasteiger partial charge on any atom is 0.0705 e. The third kappa shape index (κ3) is 5.11. The standard InChI is InChI=1S/C55H43N/c1-54(2)48-27-15-14-26-45(48)47-33-46-43-24-12-13-25-44(43)51-35-55(51,50(46)34-49(47)54)42-30-40(37-19-8-4-9-20-37)29-41(31-42)52-28-16-23-39(36-17-6-3-7-18-36)32-53(56-52)38-21-10-5-11-22-38/h3-31,33-34,39,51H,32,35H2,1-2H3/b23-16+,52-28+,56-53?. The molecular formula is C55H43N. The van der Waals surface area contributed by atoms with E-state index in [9.17, 15) is 0 Å². The number of hydrogen-bond donors (Lipinski definition) is 0. The zero-order valence-corrected chi connectivity index (χ0v) is 31.9. The molecule has 3 aliphatic carbocycles. The van der Waals surface area contributed by atoms with Crippen LogP contribution < -0.4 is 0 Å². The molecule has 7 aromatic carbocycles. The van der Waals surface area contributed by atoms with Crippen molar-refractivity contribution < 1.29 is 0 Å². The molecule has 1 aliphatic heterocycles. The van der Waals surface area contributed by atoms with E-state index >= 15 is 0 Å². The monoisotopic (exact) mass is 717 g/mol. The minimum absolute atomic E-state index is 0.0727. The summed E-state index contributed by atoms with van der Waals surface area (Å²) >= 11 is 0. The maximum atomic E-state index is 5.61. The normalized spacial score (nSPS) is 22.4. The molecule has 1 nitrogen and oxygen atoms in total. The number of aliphatic imine (C=N–C) groups is 1. The molecule has 11 rings (SSSR count). The van der Waals surface area contributed by atoms with Crippen molar-refractivity contribution in [2.45, 2.75) is 49.4 Å². The van der Waals surface area contributed by atoms with E-state index in [1.54, 1.807) is 0 Å². The van der Waals surface area contributed by atoms with E-state index < -0.39 is 0 Å². The molecule has 4 aliphatic rings. The largest absolute Gasteiger partial charge is 0.252 e. The third-order valence-corrected chi connectivity index (χ3v) is 13.2. The van der Waals surface area contributed by atoms with Crippen molar-refractivity contribution in [1.29, 1.82) is 0 Å². The predicted molar refractivity (Wildman–Crippen MR) is 233 cm³/mol. The molecule has 3 unspecified atom stereocenters. The molecule has 0 radical (unpaired) electrons. The third-order valence-electron chi connectivity index (χ3n) is 13.2. The van der Waals surface area contributed by atoms with Gasteiger partial charge in [-0.2, -0.15) is 0 Å². The smallest absolute Gasteiger partial charge is 0.0705 e. The summed E-state index contributed by atoms with van der Waals surface area (Å²) in [6.07, 6.45) is 8.76. The van der Waals surface area contributed by atoms with Crippen molar-refractivity contribution in [3.05, 3.63) is 233 Å². The van der Waals surface area contributed by atoms with Crippen LogP contribution in [0.5, 0.6) is 0 Å². The first-order valence-electron chi connectivity index (χ1n) is 20.1. The summed E-state index contributed by atoms with van der Waals surface area (Å²) < 4.78 is 0. The van der Waals surface area contributed by atoms with E-state index in [1.807, 2.05) is 0 Å². The molecule has 0 saturated heterocycles. The average Bonchev–Trinajstić information content (AvgIpc) is 3.98. The van der Waals surface area contributed by atoms with Crippen molar-refractivity contribution in [2.24, 2.45) is 4.99 Å². The van der Waals surface area contributed by atoms with Crippen LogP contribution in [0.3, 0.4) is 0 Å². The SMILES string of the molecule is CC1(C)c2ccccc2-c2cc3c(cc21)C1(c2cc(/C4=C\C=C\C(c5ccccc5)CC(c5ccccc5)=N4)cc(-c4ccccc4)c2)CC1c1ccccc1-3. The molecule has 0 bridgehead atoms. The van der Waals surface area contributed by atoms with E-state index in [0.717, 1.165) is 29.8 Å². The lowest BCUT2D eigenvalue weighted by Crippen LogP contribution is -2.21. The summed E-state index contributed by atoms with van der Waals surface area (Å²) in [5.74, 6) is 0.650. The maximum absolute atomic E-state index is 5.61. The molecule has 0 N–H and O–H groups in total. The Hall–Kier alpha value is -6.31. The van der Waals surface area contributed by atoms with E-state index in [-0.39, 0.29) is 16.7 Å². The zero-order valence-electron chi connectivity index (χ0n) is 31.9. The number of benzene rings is 7. The lowest BCUT2D eigenvalue weighted by atomic mass is 9.71. The van der Waals surface area contributed by atoms with E-state index in [1.165, 1.54) is 72.3 Å². The van der Waals surface area contributed by atoms with E-state index in [0.29, 0.717) is 5.92 Å². The second-order valence-electron chi connectivity index (χ2n) is 16.7. The van der Waals surface area contributed by atoms with Gasteiger partial charge in [0.1, 0.15) is 0 Å². The first-order chi connectivity index (χ1) is 27.5. The van der Waals surface area contributed by atoms with Gasteiger partial charge in [0.05, 0.1) is 5.70 Å². The van der Waals surface area contributed by atoms with Gasteiger partial charge in [-0.3, -0.25) is 4.99 Å². The summed E-state index contributed by atoms with van der Waals surface area (Å²) in [6, 6.07) is 63.3. The van der Waals surface area contributed by atoms with E-state index in [4.69, 9.17) is 4.99 Å². The first kappa shape index (κ1) is 33.1. The highest BCUT2D eigenvalue weighted by Crippen LogP contribution is 2.71. The Labute approximate surface area is 330 Å². The topological polar surface area (TPSA) is 12.4 Å². The molecule has 1 fully saturated rings. The minimum Gasteiger partial charge on any atom is -0.252 e. The van der Waals surface area contributed by atoms with Crippen molar-refractivity contribution >= 4 is 11.4 Å².